The van der Waals surface area contributed by atoms with Crippen molar-refractivity contribution in [2.24, 2.45) is 0 Å². The Morgan fingerprint density at radius 2 is 0.761 bits per heavy atom. The van der Waals surface area contributed by atoms with Gasteiger partial charge in [-0.05, 0) is 146 Å². The van der Waals surface area contributed by atoms with Crippen LogP contribution in [-0.2, 0) is 5.41 Å². The molecule has 0 unspecified atom stereocenters. The molecule has 0 bridgehead atoms. The molecule has 0 fully saturated rings. The van der Waals surface area contributed by atoms with E-state index in [0.29, 0.717) is 0 Å². The Kier molecular flexibility index (Phi) is 9.39. The van der Waals surface area contributed by atoms with Crippen molar-refractivity contribution in [1.82, 2.24) is 0 Å². The van der Waals surface area contributed by atoms with E-state index >= 15 is 0 Å². The second kappa shape index (κ2) is 16.4. The summed E-state index contributed by atoms with van der Waals surface area (Å²) in [5.74, 6) is 3.18. The number of para-hydroxylation sites is 3. The van der Waals surface area contributed by atoms with Gasteiger partial charge < -0.3 is 14.4 Å². The Labute approximate surface area is 413 Å². The second-order valence-corrected chi connectivity index (χ2v) is 18.4. The summed E-state index contributed by atoms with van der Waals surface area (Å²) in [4.78, 5) is 4.66. The molecule has 11 aromatic rings. The third-order valence-corrected chi connectivity index (χ3v) is 14.5. The van der Waals surface area contributed by atoms with E-state index in [2.05, 4.69) is 240 Å². The van der Waals surface area contributed by atoms with Crippen LogP contribution in [0.4, 0.5) is 34.1 Å². The third kappa shape index (κ3) is 6.53. The van der Waals surface area contributed by atoms with Crippen LogP contribution < -0.4 is 19.3 Å². The summed E-state index contributed by atoms with van der Waals surface area (Å²) in [5, 5.41) is 0. The Balaban J connectivity index is 0.857. The second-order valence-electron chi connectivity index (χ2n) is 18.4. The molecule has 0 amide bonds. The number of hydrogen-bond donors (Lipinski definition) is 0. The van der Waals surface area contributed by atoms with E-state index in [0.717, 1.165) is 79.4 Å². The van der Waals surface area contributed by atoms with E-state index in [4.69, 9.17) is 9.47 Å². The summed E-state index contributed by atoms with van der Waals surface area (Å²) < 4.78 is 12.9. The zero-order valence-corrected chi connectivity index (χ0v) is 38.6. The van der Waals surface area contributed by atoms with Crippen LogP contribution in [0.5, 0.6) is 23.0 Å². The molecule has 0 N–H and O–H groups in total. The van der Waals surface area contributed by atoms with Gasteiger partial charge in [0.05, 0.1) is 16.8 Å². The molecule has 0 aromatic heterocycles. The van der Waals surface area contributed by atoms with Crippen molar-refractivity contribution in [3.63, 3.8) is 0 Å². The lowest BCUT2D eigenvalue weighted by atomic mass is 9.67. The van der Waals surface area contributed by atoms with Crippen molar-refractivity contribution in [1.29, 1.82) is 0 Å². The van der Waals surface area contributed by atoms with Gasteiger partial charge in [-0.15, -0.1) is 0 Å². The van der Waals surface area contributed by atoms with E-state index < -0.39 is 5.41 Å². The van der Waals surface area contributed by atoms with Crippen molar-refractivity contribution >= 4 is 34.1 Å². The molecule has 0 atom stereocenters. The Morgan fingerprint density at radius 3 is 1.46 bits per heavy atom. The average Bonchev–Trinajstić information content (AvgIpc) is 3.74. The highest BCUT2D eigenvalue weighted by Crippen LogP contribution is 2.60. The monoisotopic (exact) mass is 908 g/mol. The van der Waals surface area contributed by atoms with E-state index in [1.54, 1.807) is 0 Å². The van der Waals surface area contributed by atoms with Crippen LogP contribution in [0.25, 0.3) is 44.5 Å². The molecule has 334 valence electrons. The van der Waals surface area contributed by atoms with Gasteiger partial charge in [-0.1, -0.05) is 188 Å². The molecule has 3 aliphatic rings. The number of nitrogens with zero attached hydrogens (tertiary/aromatic N) is 2. The fourth-order valence-electron chi connectivity index (χ4n) is 11.3. The predicted molar refractivity (Wildman–Crippen MR) is 290 cm³/mol. The molecule has 0 saturated carbocycles. The minimum atomic E-state index is -0.520. The van der Waals surface area contributed by atoms with Gasteiger partial charge in [0.25, 0.3) is 0 Å². The Morgan fingerprint density at radius 1 is 0.296 bits per heavy atom. The topological polar surface area (TPSA) is 24.9 Å². The summed E-state index contributed by atoms with van der Waals surface area (Å²) in [5.41, 5.74) is 20.0. The van der Waals surface area contributed by atoms with Crippen molar-refractivity contribution in [2.45, 2.75) is 5.41 Å². The fraction of sp³-hybridized carbons (Fsp3) is 0.0149. The lowest BCUT2D eigenvalue weighted by molar-refractivity contribution is 0.446. The maximum Gasteiger partial charge on any atom is 0.155 e. The lowest BCUT2D eigenvalue weighted by Crippen LogP contribution is -2.28. The standard InChI is InChI=1S/C67H44N2O2/c1-4-16-45(17-5-1)46-30-35-53(36-31-46)68(55-39-40-57-56-24-10-11-25-58(56)67(59(57)44-55,51-20-6-2-7-21-51)52-22-8-3-9-23-52)54-37-32-47(33-38-54)48-18-14-19-49(42-48)50-34-41-61-65(43-50)71-64-29-15-28-63-66(64)69(61)60-26-12-13-27-62(60)70-63/h1-44H. The van der Waals surface area contributed by atoms with Crippen molar-refractivity contribution < 1.29 is 9.47 Å². The maximum atomic E-state index is 6.62. The predicted octanol–water partition coefficient (Wildman–Crippen LogP) is 18.2. The van der Waals surface area contributed by atoms with E-state index in [1.807, 2.05) is 36.4 Å². The molecule has 71 heavy (non-hydrogen) atoms. The molecule has 0 spiro atoms. The number of rotatable bonds is 8. The molecular formula is C67H44N2O2. The minimum absolute atomic E-state index is 0.520. The van der Waals surface area contributed by atoms with E-state index in [-0.39, 0.29) is 0 Å². The lowest BCUT2D eigenvalue weighted by Gasteiger charge is -2.37. The minimum Gasteiger partial charge on any atom is -0.453 e. The first-order valence-electron chi connectivity index (χ1n) is 24.2. The number of benzene rings is 11. The van der Waals surface area contributed by atoms with Crippen LogP contribution in [0.2, 0.25) is 0 Å². The number of hydrogen-bond acceptors (Lipinski definition) is 4. The maximum absolute atomic E-state index is 6.62. The first kappa shape index (κ1) is 40.7. The van der Waals surface area contributed by atoms with Crippen LogP contribution in [0, 0.1) is 0 Å². The summed E-state index contributed by atoms with van der Waals surface area (Å²) >= 11 is 0. The SMILES string of the molecule is c1ccc(-c2ccc(N(c3ccc(-c4cccc(-c5ccc6c(c5)Oc5cccc7c5N6c5ccccc5O7)c4)cc3)c3ccc4c(c3)C(c3ccccc3)(c3ccccc3)c3ccccc3-4)cc2)cc1. The molecule has 4 heteroatoms. The molecule has 14 rings (SSSR count). The average molecular weight is 909 g/mol. The quantitative estimate of drug-likeness (QED) is 0.152. The summed E-state index contributed by atoms with van der Waals surface area (Å²) in [7, 11) is 0. The first-order valence-corrected chi connectivity index (χ1v) is 24.2. The largest absolute Gasteiger partial charge is 0.453 e. The first-order chi connectivity index (χ1) is 35.2. The van der Waals surface area contributed by atoms with Gasteiger partial charge in [-0.3, -0.25) is 4.90 Å². The fourth-order valence-corrected chi connectivity index (χ4v) is 11.3. The van der Waals surface area contributed by atoms with Crippen LogP contribution in [-0.4, -0.2) is 0 Å². The summed E-state index contributed by atoms with van der Waals surface area (Å²) in [6.07, 6.45) is 0. The van der Waals surface area contributed by atoms with Gasteiger partial charge in [-0.25, -0.2) is 0 Å². The normalized spacial score (nSPS) is 13.1. The molecule has 0 radical (unpaired) electrons. The highest BCUT2D eigenvalue weighted by atomic mass is 16.5. The number of ether oxygens (including phenoxy) is 2. The van der Waals surface area contributed by atoms with Gasteiger partial charge >= 0.3 is 0 Å². The van der Waals surface area contributed by atoms with E-state index in [9.17, 15) is 0 Å². The Hall–Kier alpha value is -9.38. The number of fused-ring (bicyclic) bond motifs is 7. The molecule has 2 aliphatic heterocycles. The third-order valence-electron chi connectivity index (χ3n) is 14.5. The molecule has 0 saturated heterocycles. The van der Waals surface area contributed by atoms with Crippen LogP contribution in [0.15, 0.2) is 267 Å². The van der Waals surface area contributed by atoms with Gasteiger partial charge in [-0.2, -0.15) is 0 Å². The molecule has 11 aromatic carbocycles. The van der Waals surface area contributed by atoms with Crippen molar-refractivity contribution in [3.8, 4) is 67.5 Å². The molecule has 4 nitrogen and oxygen atoms in total. The highest BCUT2D eigenvalue weighted by molar-refractivity contribution is 5.95. The van der Waals surface area contributed by atoms with Crippen molar-refractivity contribution in [2.75, 3.05) is 9.80 Å². The van der Waals surface area contributed by atoms with Gasteiger partial charge in [0.2, 0.25) is 0 Å². The van der Waals surface area contributed by atoms with Crippen LogP contribution in [0.1, 0.15) is 22.3 Å². The molecule has 1 aliphatic carbocycles. The highest BCUT2D eigenvalue weighted by Gasteiger charge is 2.46. The zero-order chi connectivity index (χ0) is 46.9. The Bertz CT molecular complexity index is 3770. The molecular weight excluding hydrogens is 865 g/mol. The smallest absolute Gasteiger partial charge is 0.155 e. The summed E-state index contributed by atoms with van der Waals surface area (Å²) in [6, 6.07) is 96.1. The van der Waals surface area contributed by atoms with E-state index in [1.165, 1.54) is 44.5 Å². The number of anilines is 6. The van der Waals surface area contributed by atoms with Crippen molar-refractivity contribution in [3.05, 3.63) is 289 Å². The summed E-state index contributed by atoms with van der Waals surface area (Å²) in [6.45, 7) is 0. The van der Waals surface area contributed by atoms with Gasteiger partial charge in [0.1, 0.15) is 5.69 Å². The van der Waals surface area contributed by atoms with Gasteiger partial charge in [0.15, 0.2) is 23.0 Å². The molecule has 2 heterocycles. The van der Waals surface area contributed by atoms with Crippen LogP contribution >= 0.6 is 0 Å². The van der Waals surface area contributed by atoms with Crippen LogP contribution in [0.3, 0.4) is 0 Å². The zero-order valence-electron chi connectivity index (χ0n) is 38.6. The van der Waals surface area contributed by atoms with Gasteiger partial charge in [0, 0.05) is 17.1 Å².